The maximum atomic E-state index is 12.0. The number of nitrogens with zero attached hydrogens (tertiary/aromatic N) is 4. The number of nitrogens with one attached hydrogen (secondary N) is 1. The van der Waals surface area contributed by atoms with Crippen LogP contribution in [0.1, 0.15) is 11.4 Å². The minimum Gasteiger partial charge on any atom is -0.506 e. The van der Waals surface area contributed by atoms with Gasteiger partial charge in [0.15, 0.2) is 0 Å². The van der Waals surface area contributed by atoms with Crippen molar-refractivity contribution in [3.8, 4) is 5.75 Å². The molecule has 3 rings (SSSR count). The van der Waals surface area contributed by atoms with E-state index in [4.69, 9.17) is 11.5 Å². The number of benzene rings is 1. The molecule has 12 heteroatoms. The van der Waals surface area contributed by atoms with E-state index in [0.717, 1.165) is 9.87 Å². The molecule has 1 saturated heterocycles. The summed E-state index contributed by atoms with van der Waals surface area (Å²) in [6, 6.07) is 3.76. The van der Waals surface area contributed by atoms with Crippen LogP contribution in [0.5, 0.6) is 5.75 Å². The van der Waals surface area contributed by atoms with E-state index >= 15 is 0 Å². The van der Waals surface area contributed by atoms with Crippen LogP contribution in [-0.2, 0) is 27.8 Å². The molecule has 1 aromatic carbocycles. The van der Waals surface area contributed by atoms with Crippen LogP contribution in [0.3, 0.4) is 0 Å². The molecule has 1 aliphatic rings. The van der Waals surface area contributed by atoms with Gasteiger partial charge >= 0.3 is 10.2 Å². The molecular weight excluding hydrogens is 362 g/mol. The van der Waals surface area contributed by atoms with Gasteiger partial charge in [-0.1, -0.05) is 6.07 Å². The largest absolute Gasteiger partial charge is 0.506 e. The van der Waals surface area contributed by atoms with Crippen LogP contribution in [0.15, 0.2) is 18.2 Å². The molecule has 2 heterocycles. The van der Waals surface area contributed by atoms with Gasteiger partial charge in [0.2, 0.25) is 11.9 Å². The topological polar surface area (TPSA) is 177 Å². The fraction of sp³-hybridized carbons (Fsp3) is 0.286. The summed E-state index contributed by atoms with van der Waals surface area (Å²) < 4.78 is 27.2. The van der Waals surface area contributed by atoms with Gasteiger partial charge in [0.05, 0.1) is 18.3 Å². The zero-order chi connectivity index (χ0) is 18.9. The molecule has 1 aromatic heterocycles. The highest BCUT2D eigenvalue weighted by atomic mass is 32.2. The molecule has 0 saturated carbocycles. The van der Waals surface area contributed by atoms with Crippen molar-refractivity contribution < 1.29 is 18.3 Å². The fourth-order valence-electron chi connectivity index (χ4n) is 2.63. The molecule has 0 aliphatic carbocycles. The molecule has 11 nitrogen and oxygen atoms in total. The highest BCUT2D eigenvalue weighted by Crippen LogP contribution is 2.32. The average molecular weight is 379 g/mol. The Balaban J connectivity index is 1.76. The summed E-state index contributed by atoms with van der Waals surface area (Å²) in [5, 5.41) is 10.2. The van der Waals surface area contributed by atoms with Crippen LogP contribution in [0.2, 0.25) is 0 Å². The summed E-state index contributed by atoms with van der Waals surface area (Å²) in [5.74, 6) is 0.261. The number of carbonyl (C=O) groups is 1. The van der Waals surface area contributed by atoms with E-state index in [1.807, 2.05) is 0 Å². The molecule has 1 unspecified atom stereocenters. The Morgan fingerprint density at radius 3 is 2.50 bits per heavy atom. The second kappa shape index (κ2) is 6.72. The number of phenolic OH excluding ortho intramolecular Hbond substituents is 1. The lowest BCUT2D eigenvalue weighted by atomic mass is 10.1. The van der Waals surface area contributed by atoms with E-state index in [9.17, 15) is 18.3 Å². The number of aldehydes is 1. The first-order chi connectivity index (χ1) is 12.3. The Bertz CT molecular complexity index is 930. The zero-order valence-corrected chi connectivity index (χ0v) is 14.3. The number of carbonyl (C=O) groups excluding carboxylic acids is 1. The van der Waals surface area contributed by atoms with E-state index in [1.54, 1.807) is 6.07 Å². The molecular formula is C14H17N7O4S. The summed E-state index contributed by atoms with van der Waals surface area (Å²) in [5.41, 5.74) is 11.9. The van der Waals surface area contributed by atoms with Crippen molar-refractivity contribution in [2.24, 2.45) is 0 Å². The van der Waals surface area contributed by atoms with Crippen molar-refractivity contribution in [3.63, 3.8) is 0 Å². The third-order valence-electron chi connectivity index (χ3n) is 3.78. The summed E-state index contributed by atoms with van der Waals surface area (Å²) in [6.45, 7) is -0.0812. The van der Waals surface area contributed by atoms with E-state index in [2.05, 4.69) is 19.7 Å². The second-order valence-corrected chi connectivity index (χ2v) is 7.31. The van der Waals surface area contributed by atoms with E-state index < -0.39 is 16.3 Å². The zero-order valence-electron chi connectivity index (χ0n) is 13.5. The third-order valence-corrected chi connectivity index (χ3v) is 5.31. The van der Waals surface area contributed by atoms with Crippen LogP contribution in [0.25, 0.3) is 0 Å². The van der Waals surface area contributed by atoms with Crippen LogP contribution < -0.4 is 20.5 Å². The average Bonchev–Trinajstić information content (AvgIpc) is 2.87. The number of aromatic nitrogens is 3. The van der Waals surface area contributed by atoms with E-state index in [-0.39, 0.29) is 29.9 Å². The predicted octanol–water partition coefficient (Wildman–Crippen LogP) is -1.25. The second-order valence-electron chi connectivity index (χ2n) is 5.69. The van der Waals surface area contributed by atoms with Gasteiger partial charge in [0, 0.05) is 6.42 Å². The Morgan fingerprint density at radius 2 is 1.92 bits per heavy atom. The normalized spacial score (nSPS) is 18.8. The number of hydrogen-bond acceptors (Lipinski definition) is 9. The van der Waals surface area contributed by atoms with Gasteiger partial charge < -0.3 is 21.4 Å². The summed E-state index contributed by atoms with van der Waals surface area (Å²) in [4.78, 5) is 22.5. The lowest BCUT2D eigenvalue weighted by molar-refractivity contribution is -0.108. The number of rotatable bonds is 5. The number of aromatic hydroxyl groups is 1. The van der Waals surface area contributed by atoms with Gasteiger partial charge in [-0.25, -0.2) is 0 Å². The molecule has 6 N–H and O–H groups in total. The van der Waals surface area contributed by atoms with Crippen molar-refractivity contribution in [3.05, 3.63) is 29.6 Å². The summed E-state index contributed by atoms with van der Waals surface area (Å²) >= 11 is 0. The number of nitrogens with two attached hydrogens (primary N) is 2. The third kappa shape index (κ3) is 3.65. The molecule has 1 aliphatic heterocycles. The predicted molar refractivity (Wildman–Crippen MR) is 93.4 cm³/mol. The molecule has 0 amide bonds. The van der Waals surface area contributed by atoms with Crippen molar-refractivity contribution >= 4 is 34.1 Å². The smallest absolute Gasteiger partial charge is 0.302 e. The molecule has 1 fully saturated rings. The number of phenols is 1. The first kappa shape index (κ1) is 17.8. The van der Waals surface area contributed by atoms with Crippen LogP contribution in [0, 0.1) is 0 Å². The molecule has 138 valence electrons. The van der Waals surface area contributed by atoms with Gasteiger partial charge in [-0.3, -0.25) is 4.31 Å². The van der Waals surface area contributed by atoms with Gasteiger partial charge in [-0.05, 0) is 24.1 Å². The number of hydrogen-bond donors (Lipinski definition) is 4. The van der Waals surface area contributed by atoms with Gasteiger partial charge in [-0.15, -0.1) is 0 Å². The lowest BCUT2D eigenvalue weighted by Gasteiger charge is -2.17. The first-order valence-corrected chi connectivity index (χ1v) is 9.05. The summed E-state index contributed by atoms with van der Waals surface area (Å²) in [7, 11) is -3.86. The number of aryl methyl sites for hydroxylation is 2. The quantitative estimate of drug-likeness (QED) is 0.462. The van der Waals surface area contributed by atoms with Crippen molar-refractivity contribution in [1.29, 1.82) is 0 Å². The first-order valence-electron chi connectivity index (χ1n) is 7.61. The van der Waals surface area contributed by atoms with Crippen molar-refractivity contribution in [1.82, 2.24) is 19.7 Å². The van der Waals surface area contributed by atoms with Gasteiger partial charge in [0.1, 0.15) is 17.9 Å². The summed E-state index contributed by atoms with van der Waals surface area (Å²) in [6.07, 6.45) is 1.39. The van der Waals surface area contributed by atoms with Crippen LogP contribution in [-0.4, -0.2) is 47.3 Å². The minimum absolute atomic E-state index is 0.0298. The number of anilines is 3. The van der Waals surface area contributed by atoms with E-state index in [0.29, 0.717) is 25.0 Å². The fourth-order valence-corrected chi connectivity index (χ4v) is 4.04. The monoisotopic (exact) mass is 379 g/mol. The Kier molecular flexibility index (Phi) is 4.61. The van der Waals surface area contributed by atoms with Gasteiger partial charge in [-0.2, -0.15) is 28.1 Å². The van der Waals surface area contributed by atoms with Crippen LogP contribution in [0.4, 0.5) is 17.6 Å². The van der Waals surface area contributed by atoms with Crippen LogP contribution >= 0.6 is 0 Å². The highest BCUT2D eigenvalue weighted by molar-refractivity contribution is 7.91. The maximum Gasteiger partial charge on any atom is 0.302 e. The molecule has 0 bridgehead atoms. The van der Waals surface area contributed by atoms with Crippen molar-refractivity contribution in [2.75, 3.05) is 22.3 Å². The molecule has 0 radical (unpaired) electrons. The Morgan fingerprint density at radius 1 is 1.23 bits per heavy atom. The molecule has 0 spiro atoms. The van der Waals surface area contributed by atoms with Crippen molar-refractivity contribution in [2.45, 2.75) is 18.9 Å². The minimum atomic E-state index is -3.86. The Hall–Kier alpha value is -2.99. The standard InChI is InChI=1S/C14H17N7O4S/c15-13-17-12(18-14(16)19-13)4-2-8-1-3-10(11(23)5-8)21-6-9(7-22)20-26(21,24)25/h1,3,5,7,9,20,23H,2,4,6H2,(H4,15,16,17,18,19). The molecule has 26 heavy (non-hydrogen) atoms. The van der Waals surface area contributed by atoms with Gasteiger partial charge in [0.25, 0.3) is 0 Å². The number of nitrogen functional groups attached to an aromatic ring is 2. The highest BCUT2D eigenvalue weighted by Gasteiger charge is 2.36. The lowest BCUT2D eigenvalue weighted by Crippen LogP contribution is -2.30. The molecule has 1 atom stereocenters. The molecule has 2 aromatic rings. The SMILES string of the molecule is Nc1nc(N)nc(CCc2ccc(N3CC(C=O)NS3(=O)=O)c(O)c2)n1. The Labute approximate surface area is 149 Å². The van der Waals surface area contributed by atoms with E-state index in [1.165, 1.54) is 12.1 Å². The maximum absolute atomic E-state index is 12.0.